The number of nitrogens with one attached hydrogen (secondary N) is 1. The van der Waals surface area contributed by atoms with Crippen LogP contribution in [0, 0.1) is 5.82 Å². The van der Waals surface area contributed by atoms with Crippen LogP contribution in [0.3, 0.4) is 0 Å². The van der Waals surface area contributed by atoms with Gasteiger partial charge in [-0.15, -0.1) is 0 Å². The number of anilines is 1. The van der Waals surface area contributed by atoms with Gasteiger partial charge in [0, 0.05) is 13.1 Å². The normalized spacial score (nSPS) is 11.5. The summed E-state index contributed by atoms with van der Waals surface area (Å²) in [5.41, 5.74) is -1.33. The predicted molar refractivity (Wildman–Crippen MR) is 103 cm³/mol. The van der Waals surface area contributed by atoms with Gasteiger partial charge >= 0.3 is 17.6 Å². The van der Waals surface area contributed by atoms with E-state index in [9.17, 15) is 27.2 Å². The molecule has 0 aliphatic heterocycles. The standard InChI is InChI=1S/C20H18F4N4O2/c1-2-27-18(29)26-17(25-11-14-4-3-5-15(10-14)20(22,23)24)28(19(27)30)12-13-6-8-16(21)9-7-13/h3-10H,2,11-12H2,1H3,(H,25,26,29). The van der Waals surface area contributed by atoms with Gasteiger partial charge in [0.15, 0.2) is 0 Å². The van der Waals surface area contributed by atoms with E-state index in [1.54, 1.807) is 6.92 Å². The molecular formula is C20H18F4N4O2. The topological polar surface area (TPSA) is 68.9 Å². The van der Waals surface area contributed by atoms with Crippen LogP contribution in [0.4, 0.5) is 23.5 Å². The largest absolute Gasteiger partial charge is 0.416 e. The van der Waals surface area contributed by atoms with Crippen LogP contribution in [-0.4, -0.2) is 14.1 Å². The lowest BCUT2D eigenvalue weighted by molar-refractivity contribution is -0.137. The van der Waals surface area contributed by atoms with E-state index < -0.39 is 28.9 Å². The fourth-order valence-corrected chi connectivity index (χ4v) is 2.89. The average Bonchev–Trinajstić information content (AvgIpc) is 2.70. The van der Waals surface area contributed by atoms with Crippen LogP contribution in [0.1, 0.15) is 23.6 Å². The molecule has 2 aromatic carbocycles. The third-order valence-corrected chi connectivity index (χ3v) is 4.43. The number of halogens is 4. The Bertz CT molecular complexity index is 1150. The lowest BCUT2D eigenvalue weighted by Gasteiger charge is -2.15. The Labute approximate surface area is 168 Å². The van der Waals surface area contributed by atoms with Crippen molar-refractivity contribution in [1.29, 1.82) is 0 Å². The van der Waals surface area contributed by atoms with Gasteiger partial charge in [0.25, 0.3) is 0 Å². The SMILES string of the molecule is CCn1c(=O)nc(NCc2cccc(C(F)(F)F)c2)n(Cc2ccc(F)cc2)c1=O. The molecule has 158 valence electrons. The molecule has 6 nitrogen and oxygen atoms in total. The maximum absolute atomic E-state index is 13.2. The minimum Gasteiger partial charge on any atom is -0.351 e. The van der Waals surface area contributed by atoms with Crippen molar-refractivity contribution < 1.29 is 17.6 Å². The molecule has 1 heterocycles. The molecule has 0 saturated carbocycles. The van der Waals surface area contributed by atoms with Crippen molar-refractivity contribution >= 4 is 5.95 Å². The smallest absolute Gasteiger partial charge is 0.351 e. The molecule has 0 bridgehead atoms. The molecule has 0 radical (unpaired) electrons. The lowest BCUT2D eigenvalue weighted by Crippen LogP contribution is -2.42. The van der Waals surface area contributed by atoms with Crippen LogP contribution < -0.4 is 16.7 Å². The van der Waals surface area contributed by atoms with Crippen molar-refractivity contribution in [3.05, 3.63) is 92.0 Å². The van der Waals surface area contributed by atoms with E-state index in [2.05, 4.69) is 10.3 Å². The van der Waals surface area contributed by atoms with Crippen LogP contribution in [0.25, 0.3) is 0 Å². The van der Waals surface area contributed by atoms with Gasteiger partial charge in [-0.1, -0.05) is 24.3 Å². The Balaban J connectivity index is 1.94. The highest BCUT2D eigenvalue weighted by molar-refractivity contribution is 5.32. The minimum atomic E-state index is -4.49. The third-order valence-electron chi connectivity index (χ3n) is 4.43. The molecule has 0 saturated heterocycles. The Morgan fingerprint density at radius 3 is 2.33 bits per heavy atom. The fraction of sp³-hybridized carbons (Fsp3) is 0.250. The summed E-state index contributed by atoms with van der Waals surface area (Å²) in [4.78, 5) is 28.7. The Hall–Kier alpha value is -3.43. The van der Waals surface area contributed by atoms with Gasteiger partial charge in [-0.3, -0.25) is 4.57 Å². The lowest BCUT2D eigenvalue weighted by atomic mass is 10.1. The van der Waals surface area contributed by atoms with Crippen molar-refractivity contribution in [2.75, 3.05) is 5.32 Å². The maximum Gasteiger partial charge on any atom is 0.416 e. The summed E-state index contributed by atoms with van der Waals surface area (Å²) in [5, 5.41) is 2.77. The number of rotatable bonds is 6. The van der Waals surface area contributed by atoms with E-state index in [0.29, 0.717) is 11.1 Å². The zero-order valence-corrected chi connectivity index (χ0v) is 15.9. The molecule has 0 aliphatic carbocycles. The summed E-state index contributed by atoms with van der Waals surface area (Å²) in [7, 11) is 0. The minimum absolute atomic E-state index is 0.00266. The van der Waals surface area contributed by atoms with Gasteiger partial charge in [0.2, 0.25) is 5.95 Å². The van der Waals surface area contributed by atoms with E-state index in [1.807, 2.05) is 0 Å². The molecule has 0 unspecified atom stereocenters. The van der Waals surface area contributed by atoms with Gasteiger partial charge in [0.05, 0.1) is 12.1 Å². The van der Waals surface area contributed by atoms with Crippen molar-refractivity contribution in [1.82, 2.24) is 14.1 Å². The summed E-state index contributed by atoms with van der Waals surface area (Å²) in [6.07, 6.45) is -4.49. The first-order valence-electron chi connectivity index (χ1n) is 9.05. The number of aromatic nitrogens is 3. The third kappa shape index (κ3) is 4.76. The van der Waals surface area contributed by atoms with Gasteiger partial charge in [0.1, 0.15) is 5.82 Å². The zero-order valence-electron chi connectivity index (χ0n) is 15.9. The zero-order chi connectivity index (χ0) is 21.9. The van der Waals surface area contributed by atoms with Crippen molar-refractivity contribution in [2.24, 2.45) is 0 Å². The van der Waals surface area contributed by atoms with Gasteiger partial charge < -0.3 is 5.32 Å². The summed E-state index contributed by atoms with van der Waals surface area (Å²) >= 11 is 0. The van der Waals surface area contributed by atoms with Crippen LogP contribution in [0.2, 0.25) is 0 Å². The predicted octanol–water partition coefficient (Wildman–Crippen LogP) is 3.24. The van der Waals surface area contributed by atoms with Gasteiger partial charge in [-0.25, -0.2) is 18.5 Å². The molecule has 0 amide bonds. The summed E-state index contributed by atoms with van der Waals surface area (Å²) in [6, 6.07) is 10.1. The molecule has 3 rings (SSSR count). The van der Waals surface area contributed by atoms with Crippen molar-refractivity contribution in [3.63, 3.8) is 0 Å². The molecule has 0 atom stereocenters. The quantitative estimate of drug-likeness (QED) is 0.620. The number of alkyl halides is 3. The molecule has 0 fully saturated rings. The second kappa shape index (κ2) is 8.52. The van der Waals surface area contributed by atoms with Crippen molar-refractivity contribution in [2.45, 2.75) is 32.7 Å². The molecule has 30 heavy (non-hydrogen) atoms. The molecule has 1 N–H and O–H groups in total. The molecule has 3 aromatic rings. The molecule has 0 aliphatic rings. The highest BCUT2D eigenvalue weighted by atomic mass is 19.4. The molecular weight excluding hydrogens is 404 g/mol. The first-order chi connectivity index (χ1) is 14.2. The number of hydrogen-bond donors (Lipinski definition) is 1. The first-order valence-corrected chi connectivity index (χ1v) is 9.05. The van der Waals surface area contributed by atoms with Crippen LogP contribution >= 0.6 is 0 Å². The van der Waals surface area contributed by atoms with Crippen molar-refractivity contribution in [3.8, 4) is 0 Å². The van der Waals surface area contributed by atoms with E-state index in [0.717, 1.165) is 16.7 Å². The number of hydrogen-bond acceptors (Lipinski definition) is 4. The van der Waals surface area contributed by atoms with E-state index in [-0.39, 0.29) is 25.6 Å². The molecule has 10 heteroatoms. The molecule has 0 spiro atoms. The highest BCUT2D eigenvalue weighted by Crippen LogP contribution is 2.29. The van der Waals surface area contributed by atoms with E-state index in [1.165, 1.54) is 41.0 Å². The first kappa shape index (κ1) is 21.3. The maximum atomic E-state index is 13.2. The summed E-state index contributed by atoms with van der Waals surface area (Å²) < 4.78 is 54.0. The van der Waals surface area contributed by atoms with Gasteiger partial charge in [-0.05, 0) is 42.3 Å². The Kier molecular flexibility index (Phi) is 6.04. The second-order valence-electron chi connectivity index (χ2n) is 6.51. The van der Waals surface area contributed by atoms with Crippen LogP contribution in [0.5, 0.6) is 0 Å². The molecule has 1 aromatic heterocycles. The summed E-state index contributed by atoms with van der Waals surface area (Å²) in [5.74, 6) is -0.526. The van der Waals surface area contributed by atoms with Crippen LogP contribution in [0.15, 0.2) is 58.1 Å². The highest BCUT2D eigenvalue weighted by Gasteiger charge is 2.30. The monoisotopic (exact) mass is 422 g/mol. The van der Waals surface area contributed by atoms with E-state index in [4.69, 9.17) is 0 Å². The second-order valence-corrected chi connectivity index (χ2v) is 6.51. The van der Waals surface area contributed by atoms with Crippen LogP contribution in [-0.2, 0) is 25.8 Å². The van der Waals surface area contributed by atoms with Gasteiger partial charge in [-0.2, -0.15) is 18.2 Å². The van der Waals surface area contributed by atoms with E-state index >= 15 is 0 Å². The number of benzene rings is 2. The number of nitrogens with zero attached hydrogens (tertiary/aromatic N) is 3. The summed E-state index contributed by atoms with van der Waals surface area (Å²) in [6.45, 7) is 1.62. The Morgan fingerprint density at radius 2 is 1.70 bits per heavy atom. The average molecular weight is 422 g/mol. The Morgan fingerprint density at radius 1 is 1.00 bits per heavy atom. The fourth-order valence-electron chi connectivity index (χ4n) is 2.89.